The number of nitrogens with zero attached hydrogens (tertiary/aromatic N) is 1. The smallest absolute Gasteiger partial charge is 0.410 e. The van der Waals surface area contributed by atoms with Crippen LogP contribution >= 0.6 is 0 Å². The molecule has 1 heterocycles. The number of ether oxygens (including phenoxy) is 1. The number of benzene rings is 1. The minimum atomic E-state index is -0.211. The van der Waals surface area contributed by atoms with Gasteiger partial charge in [0.25, 0.3) is 0 Å². The minimum Gasteiger partial charge on any atom is -0.450 e. The molecular formula is C16H24N2O2. The van der Waals surface area contributed by atoms with Gasteiger partial charge < -0.3 is 15.0 Å². The fourth-order valence-corrected chi connectivity index (χ4v) is 2.58. The number of hydrogen-bond acceptors (Lipinski definition) is 3. The lowest BCUT2D eigenvalue weighted by Crippen LogP contribution is -2.64. The maximum Gasteiger partial charge on any atom is 0.410 e. The van der Waals surface area contributed by atoms with Crippen LogP contribution in [0.5, 0.6) is 0 Å². The summed E-state index contributed by atoms with van der Waals surface area (Å²) in [7, 11) is 0. The second-order valence-corrected chi connectivity index (χ2v) is 5.89. The van der Waals surface area contributed by atoms with Gasteiger partial charge in [0.15, 0.2) is 0 Å². The summed E-state index contributed by atoms with van der Waals surface area (Å²) in [6, 6.07) is 10.6. The van der Waals surface area contributed by atoms with Crippen LogP contribution in [0.2, 0.25) is 0 Å². The second kappa shape index (κ2) is 6.27. The first kappa shape index (κ1) is 14.9. The molecule has 1 saturated heterocycles. The maximum atomic E-state index is 12.1. The maximum absolute atomic E-state index is 12.1. The van der Waals surface area contributed by atoms with Gasteiger partial charge in [-0.2, -0.15) is 0 Å². The van der Waals surface area contributed by atoms with Crippen molar-refractivity contribution in [3.05, 3.63) is 35.9 Å². The van der Waals surface area contributed by atoms with Gasteiger partial charge in [0.1, 0.15) is 0 Å². The molecule has 0 bridgehead atoms. The molecule has 0 aromatic heterocycles. The Morgan fingerprint density at radius 1 is 1.40 bits per heavy atom. The van der Waals surface area contributed by atoms with Crippen molar-refractivity contribution in [2.75, 3.05) is 19.7 Å². The van der Waals surface area contributed by atoms with Crippen LogP contribution in [0.15, 0.2) is 30.3 Å². The molecule has 1 aliphatic rings. The molecular weight excluding hydrogens is 252 g/mol. The highest BCUT2D eigenvalue weighted by Gasteiger charge is 2.37. The Morgan fingerprint density at radius 3 is 2.75 bits per heavy atom. The number of rotatable bonds is 3. The first-order chi connectivity index (χ1) is 9.53. The van der Waals surface area contributed by atoms with Gasteiger partial charge in [0, 0.05) is 19.1 Å². The van der Waals surface area contributed by atoms with Crippen LogP contribution in [0.3, 0.4) is 0 Å². The van der Waals surface area contributed by atoms with Gasteiger partial charge in [-0.25, -0.2) is 4.79 Å². The predicted molar refractivity (Wildman–Crippen MR) is 79.7 cm³/mol. The topological polar surface area (TPSA) is 41.6 Å². The molecule has 0 radical (unpaired) electrons. The molecule has 0 aliphatic carbocycles. The summed E-state index contributed by atoms with van der Waals surface area (Å²) in [5, 5.41) is 3.54. The Balaban J connectivity index is 2.02. The van der Waals surface area contributed by atoms with E-state index >= 15 is 0 Å². The normalized spacial score (nSPS) is 21.6. The summed E-state index contributed by atoms with van der Waals surface area (Å²) in [4.78, 5) is 13.9. The molecule has 4 nitrogen and oxygen atoms in total. The molecule has 1 fully saturated rings. The fraction of sp³-hybridized carbons (Fsp3) is 0.562. The summed E-state index contributed by atoms with van der Waals surface area (Å²) in [6.45, 7) is 7.85. The van der Waals surface area contributed by atoms with Crippen LogP contribution in [-0.2, 0) is 11.2 Å². The summed E-state index contributed by atoms with van der Waals surface area (Å²) < 4.78 is 5.17. The van der Waals surface area contributed by atoms with Gasteiger partial charge in [-0.05, 0) is 32.8 Å². The predicted octanol–water partition coefficient (Wildman–Crippen LogP) is 2.44. The molecule has 1 aromatic rings. The van der Waals surface area contributed by atoms with E-state index in [0.717, 1.165) is 13.0 Å². The highest BCUT2D eigenvalue weighted by atomic mass is 16.6. The molecule has 0 spiro atoms. The Morgan fingerprint density at radius 2 is 2.10 bits per heavy atom. The third kappa shape index (κ3) is 3.51. The van der Waals surface area contributed by atoms with E-state index in [9.17, 15) is 4.79 Å². The average Bonchev–Trinajstić information content (AvgIpc) is 2.42. The van der Waals surface area contributed by atoms with Crippen molar-refractivity contribution >= 4 is 6.09 Å². The van der Waals surface area contributed by atoms with Crippen LogP contribution < -0.4 is 5.32 Å². The zero-order valence-corrected chi connectivity index (χ0v) is 12.6. The van der Waals surface area contributed by atoms with Gasteiger partial charge in [-0.1, -0.05) is 30.3 Å². The lowest BCUT2D eigenvalue weighted by Gasteiger charge is -2.45. The van der Waals surface area contributed by atoms with E-state index in [1.807, 2.05) is 30.0 Å². The average molecular weight is 276 g/mol. The zero-order chi connectivity index (χ0) is 14.6. The molecule has 110 valence electrons. The minimum absolute atomic E-state index is 0.209. The Hall–Kier alpha value is -1.55. The summed E-state index contributed by atoms with van der Waals surface area (Å²) in [6.07, 6.45) is 0.712. The van der Waals surface area contributed by atoms with Crippen LogP contribution in [0.25, 0.3) is 0 Å². The van der Waals surface area contributed by atoms with Gasteiger partial charge >= 0.3 is 6.09 Å². The molecule has 4 heteroatoms. The highest BCUT2D eigenvalue weighted by molar-refractivity contribution is 5.69. The molecule has 0 saturated carbocycles. The van der Waals surface area contributed by atoms with Gasteiger partial charge in [0.2, 0.25) is 0 Å². The summed E-state index contributed by atoms with van der Waals surface area (Å²) in [5.74, 6) is 0. The van der Waals surface area contributed by atoms with Crippen molar-refractivity contribution in [3.8, 4) is 0 Å². The van der Waals surface area contributed by atoms with E-state index in [0.29, 0.717) is 13.2 Å². The highest BCUT2D eigenvalue weighted by Crippen LogP contribution is 2.21. The number of nitrogens with one attached hydrogen (secondary N) is 1. The van der Waals surface area contributed by atoms with E-state index in [2.05, 4.69) is 31.3 Å². The molecule has 1 atom stereocenters. The van der Waals surface area contributed by atoms with Crippen molar-refractivity contribution in [2.45, 2.75) is 38.8 Å². The van der Waals surface area contributed by atoms with Crippen LogP contribution in [0.1, 0.15) is 26.3 Å². The van der Waals surface area contributed by atoms with Crippen molar-refractivity contribution in [2.24, 2.45) is 0 Å². The quantitative estimate of drug-likeness (QED) is 0.922. The molecule has 1 aromatic carbocycles. The molecule has 1 N–H and O–H groups in total. The standard InChI is InChI=1S/C16H24N2O2/c1-4-20-15(19)18-11-14(17-12-16(18,2)3)10-13-8-6-5-7-9-13/h5-9,14,17H,4,10-12H2,1-3H3. The Labute approximate surface area is 121 Å². The van der Waals surface area contributed by atoms with E-state index < -0.39 is 0 Å². The molecule has 1 amide bonds. The number of carbonyl (C=O) groups is 1. The van der Waals surface area contributed by atoms with Crippen molar-refractivity contribution < 1.29 is 9.53 Å². The number of carbonyl (C=O) groups excluding carboxylic acids is 1. The van der Waals surface area contributed by atoms with E-state index in [1.165, 1.54) is 5.56 Å². The second-order valence-electron chi connectivity index (χ2n) is 5.89. The number of hydrogen-bond donors (Lipinski definition) is 1. The first-order valence-corrected chi connectivity index (χ1v) is 7.24. The van der Waals surface area contributed by atoms with Crippen LogP contribution in [-0.4, -0.2) is 42.3 Å². The lowest BCUT2D eigenvalue weighted by molar-refractivity contribution is 0.0405. The summed E-state index contributed by atoms with van der Waals surface area (Å²) in [5.41, 5.74) is 1.08. The molecule has 1 unspecified atom stereocenters. The summed E-state index contributed by atoms with van der Waals surface area (Å²) >= 11 is 0. The van der Waals surface area contributed by atoms with Crippen LogP contribution in [0.4, 0.5) is 4.79 Å². The van der Waals surface area contributed by atoms with E-state index in [1.54, 1.807) is 0 Å². The van der Waals surface area contributed by atoms with E-state index in [-0.39, 0.29) is 17.7 Å². The van der Waals surface area contributed by atoms with Crippen molar-refractivity contribution in [3.63, 3.8) is 0 Å². The molecule has 2 rings (SSSR count). The Kier molecular flexibility index (Phi) is 4.65. The SMILES string of the molecule is CCOC(=O)N1CC(Cc2ccccc2)NCC1(C)C. The van der Waals surface area contributed by atoms with Gasteiger partial charge in [0.05, 0.1) is 12.1 Å². The first-order valence-electron chi connectivity index (χ1n) is 7.24. The number of amides is 1. The Bertz CT molecular complexity index is 445. The third-order valence-electron chi connectivity index (χ3n) is 3.77. The largest absolute Gasteiger partial charge is 0.450 e. The van der Waals surface area contributed by atoms with Gasteiger partial charge in [-0.15, -0.1) is 0 Å². The molecule has 1 aliphatic heterocycles. The lowest BCUT2D eigenvalue weighted by atomic mass is 9.95. The molecule has 20 heavy (non-hydrogen) atoms. The third-order valence-corrected chi connectivity index (χ3v) is 3.77. The fourth-order valence-electron chi connectivity index (χ4n) is 2.58. The number of piperazine rings is 1. The monoisotopic (exact) mass is 276 g/mol. The zero-order valence-electron chi connectivity index (χ0n) is 12.6. The van der Waals surface area contributed by atoms with Crippen molar-refractivity contribution in [1.82, 2.24) is 10.2 Å². The van der Waals surface area contributed by atoms with Crippen LogP contribution in [0, 0.1) is 0 Å². The van der Waals surface area contributed by atoms with E-state index in [4.69, 9.17) is 4.74 Å². The van der Waals surface area contributed by atoms with Gasteiger partial charge in [-0.3, -0.25) is 0 Å². The van der Waals surface area contributed by atoms with Crippen molar-refractivity contribution in [1.29, 1.82) is 0 Å².